The van der Waals surface area contributed by atoms with Crippen LogP contribution in [0.25, 0.3) is 11.0 Å². The first-order chi connectivity index (χ1) is 9.06. The van der Waals surface area contributed by atoms with Gasteiger partial charge in [-0.15, -0.1) is 0 Å². The van der Waals surface area contributed by atoms with Crippen LogP contribution in [-0.4, -0.2) is 15.8 Å². The van der Waals surface area contributed by atoms with E-state index < -0.39 is 0 Å². The number of fused-ring (bicyclic) bond motifs is 1. The highest BCUT2D eigenvalue weighted by atomic mass is 79.9. The van der Waals surface area contributed by atoms with Crippen molar-refractivity contribution in [2.45, 2.75) is 26.2 Å². The number of carbonyl (C=O) groups is 1. The van der Waals surface area contributed by atoms with Gasteiger partial charge in [0.15, 0.2) is 5.78 Å². The van der Waals surface area contributed by atoms with Crippen molar-refractivity contribution in [3.8, 4) is 0 Å². The van der Waals surface area contributed by atoms with E-state index in [-0.39, 0.29) is 17.4 Å². The summed E-state index contributed by atoms with van der Waals surface area (Å²) < 4.78 is 0.749. The van der Waals surface area contributed by atoms with Crippen LogP contribution in [0.5, 0.6) is 0 Å². The van der Waals surface area contributed by atoms with E-state index in [0.29, 0.717) is 22.5 Å². The van der Waals surface area contributed by atoms with Crippen LogP contribution in [0.2, 0.25) is 0 Å². The summed E-state index contributed by atoms with van der Waals surface area (Å²) in [4.78, 5) is 29.3. The molecule has 2 N–H and O–H groups in total. The highest BCUT2D eigenvalue weighted by Gasteiger charge is 2.31. The lowest BCUT2D eigenvalue weighted by Gasteiger charge is -2.14. The van der Waals surface area contributed by atoms with Gasteiger partial charge in [-0.1, -0.05) is 13.3 Å². The van der Waals surface area contributed by atoms with Crippen molar-refractivity contribution in [1.82, 2.24) is 9.97 Å². The second kappa shape index (κ2) is 4.63. The lowest BCUT2D eigenvalue weighted by atomic mass is 9.89. The molecule has 3 rings (SSSR count). The number of aromatic nitrogens is 2. The topological polar surface area (TPSA) is 65.7 Å². The number of Topliss-reactive ketones (excluding diaryl/α,β-unsaturated/α-hetero) is 1. The van der Waals surface area contributed by atoms with Gasteiger partial charge in [-0.25, -0.2) is 4.79 Å². The quantitative estimate of drug-likeness (QED) is 0.833. The summed E-state index contributed by atoms with van der Waals surface area (Å²) in [6, 6.07) is 3.56. The third-order valence-electron chi connectivity index (χ3n) is 4.07. The van der Waals surface area contributed by atoms with Crippen LogP contribution >= 0.6 is 15.9 Å². The Labute approximate surface area is 118 Å². The maximum absolute atomic E-state index is 12.6. The Bertz CT molecular complexity index is 701. The Kier molecular flexibility index (Phi) is 3.09. The predicted octanol–water partition coefficient (Wildman–Crippen LogP) is 3.24. The summed E-state index contributed by atoms with van der Waals surface area (Å²) in [5, 5.41) is 0. The highest BCUT2D eigenvalue weighted by molar-refractivity contribution is 9.10. The van der Waals surface area contributed by atoms with E-state index in [1.165, 1.54) is 0 Å². The van der Waals surface area contributed by atoms with Gasteiger partial charge in [-0.3, -0.25) is 4.79 Å². The van der Waals surface area contributed by atoms with Gasteiger partial charge in [0, 0.05) is 16.0 Å². The molecule has 0 spiro atoms. The number of H-pyrrole nitrogens is 2. The maximum Gasteiger partial charge on any atom is 0.323 e. The monoisotopic (exact) mass is 322 g/mol. The molecule has 2 atom stereocenters. The second-order valence-electron chi connectivity index (χ2n) is 5.34. The van der Waals surface area contributed by atoms with E-state index >= 15 is 0 Å². The van der Waals surface area contributed by atoms with Crippen molar-refractivity contribution in [2.75, 3.05) is 0 Å². The molecule has 1 aliphatic carbocycles. The summed E-state index contributed by atoms with van der Waals surface area (Å²) in [7, 11) is 0. The number of benzene rings is 1. The van der Waals surface area contributed by atoms with E-state index in [4.69, 9.17) is 0 Å². The zero-order chi connectivity index (χ0) is 13.6. The smallest absolute Gasteiger partial charge is 0.306 e. The average molecular weight is 323 g/mol. The Morgan fingerprint density at radius 1 is 1.26 bits per heavy atom. The van der Waals surface area contributed by atoms with Gasteiger partial charge in [0.25, 0.3) is 0 Å². The fourth-order valence-electron chi connectivity index (χ4n) is 2.98. The first-order valence-corrected chi connectivity index (χ1v) is 7.31. The SMILES string of the molecule is CC1CCCC1C(=O)c1cc2[nH]c(=O)[nH]c2cc1Br. The normalized spacial score (nSPS) is 23.1. The number of rotatable bonds is 2. The van der Waals surface area contributed by atoms with Gasteiger partial charge in [-0.05, 0) is 46.8 Å². The summed E-state index contributed by atoms with van der Waals surface area (Å²) in [5.41, 5.74) is 1.82. The lowest BCUT2D eigenvalue weighted by molar-refractivity contribution is 0.0896. The number of hydrogen-bond acceptors (Lipinski definition) is 2. The fourth-order valence-corrected chi connectivity index (χ4v) is 3.52. The fraction of sp³-hybridized carbons (Fsp3) is 0.429. The van der Waals surface area contributed by atoms with Gasteiger partial charge in [0.2, 0.25) is 0 Å². The van der Waals surface area contributed by atoms with Gasteiger partial charge < -0.3 is 9.97 Å². The first kappa shape index (κ1) is 12.7. The first-order valence-electron chi connectivity index (χ1n) is 6.52. The standard InChI is InChI=1S/C14H15BrN2O2/c1-7-3-2-4-8(7)13(18)9-5-11-12(6-10(9)15)17-14(19)16-11/h5-8H,2-4H2,1H3,(H2,16,17,19). The number of imidazole rings is 1. The minimum atomic E-state index is -0.249. The molecule has 19 heavy (non-hydrogen) atoms. The molecule has 0 aliphatic heterocycles. The van der Waals surface area contributed by atoms with Crippen molar-refractivity contribution >= 4 is 32.7 Å². The summed E-state index contributed by atoms with van der Waals surface area (Å²) in [6.07, 6.45) is 3.21. The van der Waals surface area contributed by atoms with Crippen molar-refractivity contribution in [3.63, 3.8) is 0 Å². The molecule has 1 fully saturated rings. The Balaban J connectivity index is 2.06. The minimum Gasteiger partial charge on any atom is -0.306 e. The molecule has 0 radical (unpaired) electrons. The molecule has 1 heterocycles. The number of nitrogens with one attached hydrogen (secondary N) is 2. The van der Waals surface area contributed by atoms with Crippen LogP contribution in [-0.2, 0) is 0 Å². The second-order valence-corrected chi connectivity index (χ2v) is 6.19. The van der Waals surface area contributed by atoms with E-state index in [1.54, 1.807) is 12.1 Å². The van der Waals surface area contributed by atoms with Gasteiger partial charge in [0.1, 0.15) is 0 Å². The third-order valence-corrected chi connectivity index (χ3v) is 4.72. The van der Waals surface area contributed by atoms with Crippen LogP contribution in [0.15, 0.2) is 21.4 Å². The summed E-state index contributed by atoms with van der Waals surface area (Å²) >= 11 is 3.44. The van der Waals surface area contributed by atoms with Gasteiger partial charge in [-0.2, -0.15) is 0 Å². The van der Waals surface area contributed by atoms with E-state index in [2.05, 4.69) is 32.8 Å². The predicted molar refractivity (Wildman–Crippen MR) is 77.5 cm³/mol. The molecule has 5 heteroatoms. The molecular weight excluding hydrogens is 308 g/mol. The van der Waals surface area contributed by atoms with Crippen LogP contribution < -0.4 is 5.69 Å². The molecule has 1 saturated carbocycles. The Hall–Kier alpha value is -1.36. The molecule has 100 valence electrons. The van der Waals surface area contributed by atoms with Crippen molar-refractivity contribution in [3.05, 3.63) is 32.7 Å². The molecule has 1 aromatic heterocycles. The van der Waals surface area contributed by atoms with E-state index in [9.17, 15) is 9.59 Å². The molecular formula is C14H15BrN2O2. The average Bonchev–Trinajstić information content (AvgIpc) is 2.92. The molecule has 2 unspecified atom stereocenters. The number of carbonyl (C=O) groups excluding carboxylic acids is 1. The number of halogens is 1. The van der Waals surface area contributed by atoms with Crippen LogP contribution in [0.1, 0.15) is 36.5 Å². The molecule has 1 aromatic carbocycles. The molecule has 2 aromatic rings. The minimum absolute atomic E-state index is 0.111. The largest absolute Gasteiger partial charge is 0.323 e. The lowest BCUT2D eigenvalue weighted by Crippen LogP contribution is -2.17. The third kappa shape index (κ3) is 2.16. The number of ketones is 1. The highest BCUT2D eigenvalue weighted by Crippen LogP contribution is 2.35. The molecule has 4 nitrogen and oxygen atoms in total. The molecule has 0 bridgehead atoms. The van der Waals surface area contributed by atoms with Gasteiger partial charge in [0.05, 0.1) is 11.0 Å². The van der Waals surface area contributed by atoms with Crippen molar-refractivity contribution < 1.29 is 4.79 Å². The zero-order valence-corrected chi connectivity index (χ0v) is 12.2. The van der Waals surface area contributed by atoms with Gasteiger partial charge >= 0.3 is 5.69 Å². The van der Waals surface area contributed by atoms with Crippen molar-refractivity contribution in [1.29, 1.82) is 0 Å². The Morgan fingerprint density at radius 2 is 1.95 bits per heavy atom. The van der Waals surface area contributed by atoms with Crippen LogP contribution in [0.4, 0.5) is 0 Å². The Morgan fingerprint density at radius 3 is 2.58 bits per heavy atom. The van der Waals surface area contributed by atoms with Crippen LogP contribution in [0.3, 0.4) is 0 Å². The molecule has 0 saturated heterocycles. The summed E-state index contributed by atoms with van der Waals surface area (Å²) in [6.45, 7) is 2.14. The maximum atomic E-state index is 12.6. The molecule has 1 aliphatic rings. The number of hydrogen-bond donors (Lipinski definition) is 2. The van der Waals surface area contributed by atoms with Crippen molar-refractivity contribution in [2.24, 2.45) is 11.8 Å². The van der Waals surface area contributed by atoms with Crippen LogP contribution in [0, 0.1) is 11.8 Å². The number of aromatic amines is 2. The molecule has 0 amide bonds. The summed E-state index contributed by atoms with van der Waals surface area (Å²) in [5.74, 6) is 0.737. The zero-order valence-electron chi connectivity index (χ0n) is 10.6. The van der Waals surface area contributed by atoms with E-state index in [0.717, 1.165) is 23.7 Å². The van der Waals surface area contributed by atoms with E-state index in [1.807, 2.05) is 0 Å².